The van der Waals surface area contributed by atoms with Crippen molar-refractivity contribution in [3.05, 3.63) is 83.1 Å². The van der Waals surface area contributed by atoms with Gasteiger partial charge in [0, 0.05) is 67.0 Å². The van der Waals surface area contributed by atoms with Gasteiger partial charge in [0.15, 0.2) is 0 Å². The smallest absolute Gasteiger partial charge is 0.0519 e. The molecule has 6 rings (SSSR count). The zero-order valence-electron chi connectivity index (χ0n) is 18.0. The van der Waals surface area contributed by atoms with E-state index in [0.29, 0.717) is 0 Å². The van der Waals surface area contributed by atoms with Gasteiger partial charge >= 0.3 is 0 Å². The molecule has 3 aromatic heterocycles. The van der Waals surface area contributed by atoms with Crippen LogP contribution in [0.4, 0.5) is 0 Å². The van der Waals surface area contributed by atoms with Crippen molar-refractivity contribution in [1.29, 1.82) is 0 Å². The topological polar surface area (TPSA) is 34.0 Å². The van der Waals surface area contributed by atoms with Crippen molar-refractivity contribution in [2.45, 2.75) is 39.8 Å². The molecule has 0 radical (unpaired) electrons. The van der Waals surface area contributed by atoms with Crippen LogP contribution < -0.4 is 0 Å². The van der Waals surface area contributed by atoms with Crippen LogP contribution in [-0.2, 0) is 25.9 Å². The maximum Gasteiger partial charge on any atom is 0.0519 e. The summed E-state index contributed by atoms with van der Waals surface area (Å²) in [7, 11) is 2.23. The average molecular weight is 397 g/mol. The predicted octanol–water partition coefficient (Wildman–Crippen LogP) is 4.95. The summed E-state index contributed by atoms with van der Waals surface area (Å²) in [6, 6.07) is 12.8. The minimum absolute atomic E-state index is 1.04. The molecule has 4 aromatic rings. The molecular weight excluding hydrogens is 368 g/mol. The van der Waals surface area contributed by atoms with Crippen molar-refractivity contribution in [3.63, 3.8) is 0 Å². The Balaban J connectivity index is 0.000000134. The van der Waals surface area contributed by atoms with E-state index in [1.54, 1.807) is 29.2 Å². The first kappa shape index (κ1) is 19.0. The average Bonchev–Trinajstić information content (AvgIpc) is 3.31. The van der Waals surface area contributed by atoms with Gasteiger partial charge in [-0.2, -0.15) is 0 Å². The summed E-state index contributed by atoms with van der Waals surface area (Å²) in [6.07, 6.45) is 7.91. The summed E-state index contributed by atoms with van der Waals surface area (Å²) >= 11 is 0. The number of aryl methyl sites for hydroxylation is 4. The Morgan fingerprint density at radius 1 is 0.900 bits per heavy atom. The minimum atomic E-state index is 1.04. The van der Waals surface area contributed by atoms with E-state index in [1.807, 2.05) is 31.3 Å². The minimum Gasteiger partial charge on any atom is -0.344 e. The van der Waals surface area contributed by atoms with Crippen LogP contribution in [0.1, 0.15) is 28.1 Å². The quantitative estimate of drug-likeness (QED) is 0.457. The van der Waals surface area contributed by atoms with Gasteiger partial charge in [-0.1, -0.05) is 17.7 Å². The summed E-state index contributed by atoms with van der Waals surface area (Å²) in [5.74, 6) is 0. The molecule has 0 amide bonds. The van der Waals surface area contributed by atoms with E-state index in [0.717, 1.165) is 23.4 Å². The van der Waals surface area contributed by atoms with Crippen molar-refractivity contribution in [2.75, 3.05) is 13.6 Å². The first-order valence-corrected chi connectivity index (χ1v) is 10.8. The Labute approximate surface area is 178 Å². The Kier molecular flexibility index (Phi) is 4.87. The van der Waals surface area contributed by atoms with Crippen LogP contribution in [0.2, 0.25) is 0 Å². The highest BCUT2D eigenvalue weighted by atomic mass is 15.1. The van der Waals surface area contributed by atoms with Crippen LogP contribution in [0.3, 0.4) is 0 Å². The van der Waals surface area contributed by atoms with Gasteiger partial charge in [-0.15, -0.1) is 0 Å². The molecule has 4 nitrogen and oxygen atoms in total. The van der Waals surface area contributed by atoms with Crippen LogP contribution >= 0.6 is 0 Å². The number of fused-ring (bicyclic) bond motifs is 3. The Morgan fingerprint density at radius 3 is 2.50 bits per heavy atom. The van der Waals surface area contributed by atoms with E-state index in [1.165, 1.54) is 42.4 Å². The summed E-state index contributed by atoms with van der Waals surface area (Å²) in [5.41, 5.74) is 11.1. The molecule has 5 heterocycles. The second-order valence-electron chi connectivity index (χ2n) is 8.56. The zero-order valence-corrected chi connectivity index (χ0v) is 18.0. The largest absolute Gasteiger partial charge is 0.344 e. The lowest BCUT2D eigenvalue weighted by molar-refractivity contribution is 0.309. The molecule has 4 heteroatoms. The van der Waals surface area contributed by atoms with Crippen molar-refractivity contribution in [3.8, 4) is 11.1 Å². The van der Waals surface area contributed by atoms with Gasteiger partial charge in [-0.3, -0.25) is 9.97 Å². The van der Waals surface area contributed by atoms with Gasteiger partial charge in [0.25, 0.3) is 0 Å². The van der Waals surface area contributed by atoms with Crippen molar-refractivity contribution in [2.24, 2.45) is 0 Å². The van der Waals surface area contributed by atoms with Crippen LogP contribution in [0, 0.1) is 13.8 Å². The Bertz CT molecular complexity index is 1190. The van der Waals surface area contributed by atoms with E-state index < -0.39 is 0 Å². The van der Waals surface area contributed by atoms with Crippen LogP contribution in [0.25, 0.3) is 22.0 Å². The van der Waals surface area contributed by atoms with Crippen molar-refractivity contribution in [1.82, 2.24) is 19.4 Å². The molecule has 1 aromatic carbocycles. The van der Waals surface area contributed by atoms with Crippen LogP contribution in [-0.4, -0.2) is 33.0 Å². The molecule has 0 spiro atoms. The third-order valence-electron chi connectivity index (χ3n) is 6.29. The van der Waals surface area contributed by atoms with Gasteiger partial charge in [0.05, 0.1) is 5.52 Å². The molecular formula is C26H28N4. The number of hydrogen-bond acceptors (Lipinski definition) is 3. The molecule has 0 atom stereocenters. The highest BCUT2D eigenvalue weighted by Gasteiger charge is 2.26. The molecule has 0 aliphatic carbocycles. The first-order chi connectivity index (χ1) is 14.6. The normalized spacial score (nSPS) is 15.0. The number of benzene rings is 1. The number of nitrogens with zero attached hydrogens (tertiary/aromatic N) is 4. The molecule has 2 aliphatic heterocycles. The fraction of sp³-hybridized carbons (Fsp3) is 0.308. The maximum atomic E-state index is 4.24. The number of likely N-dealkylation sites (N-methyl/N-ethyl adjacent to an activating group) is 1. The van der Waals surface area contributed by atoms with Gasteiger partial charge in [0.1, 0.15) is 0 Å². The molecule has 152 valence electrons. The molecule has 0 bridgehead atoms. The lowest BCUT2D eigenvalue weighted by Crippen LogP contribution is -2.27. The fourth-order valence-corrected chi connectivity index (χ4v) is 4.82. The van der Waals surface area contributed by atoms with Crippen molar-refractivity contribution >= 4 is 10.9 Å². The van der Waals surface area contributed by atoms with Crippen LogP contribution in [0.5, 0.6) is 0 Å². The molecule has 0 saturated carbocycles. The Morgan fingerprint density at radius 2 is 1.73 bits per heavy atom. The third kappa shape index (κ3) is 3.41. The molecule has 30 heavy (non-hydrogen) atoms. The molecule has 0 unspecified atom stereocenters. The number of aromatic nitrogens is 3. The molecule has 0 N–H and O–H groups in total. The lowest BCUT2D eigenvalue weighted by atomic mass is 10.00. The predicted molar refractivity (Wildman–Crippen MR) is 123 cm³/mol. The van der Waals surface area contributed by atoms with E-state index in [-0.39, 0.29) is 0 Å². The van der Waals surface area contributed by atoms with Crippen LogP contribution in [0.15, 0.2) is 55.0 Å². The van der Waals surface area contributed by atoms with E-state index in [9.17, 15) is 0 Å². The van der Waals surface area contributed by atoms with Gasteiger partial charge in [-0.25, -0.2) is 0 Å². The monoisotopic (exact) mass is 396 g/mol. The standard InChI is InChI=1S/C15H18N2.C11H10N2/c1-10-7-11-3-6-17-14-4-5-16(2)9-13(14)12(8-10)15(11)17;1-9-2-3-11(8-13-9)10-4-6-12-7-5-10/h7-8H,3-6,9H2,1-2H3;2-8H,1H3. The highest BCUT2D eigenvalue weighted by Crippen LogP contribution is 2.37. The second kappa shape index (κ2) is 7.69. The number of rotatable bonds is 1. The molecule has 2 aliphatic rings. The number of pyridine rings is 2. The third-order valence-corrected chi connectivity index (χ3v) is 6.29. The highest BCUT2D eigenvalue weighted by molar-refractivity contribution is 5.90. The zero-order chi connectivity index (χ0) is 20.7. The maximum absolute atomic E-state index is 4.24. The van der Waals surface area contributed by atoms with E-state index in [4.69, 9.17) is 0 Å². The second-order valence-corrected chi connectivity index (χ2v) is 8.56. The molecule has 0 saturated heterocycles. The SMILES string of the molecule is Cc1cc2c3c(c1)c1c(n3CC2)CCN(C)C1.Cc1ccc(-c2ccncc2)cn1. The van der Waals surface area contributed by atoms with Gasteiger partial charge in [0.2, 0.25) is 0 Å². The summed E-state index contributed by atoms with van der Waals surface area (Å²) in [6.45, 7) is 7.74. The Hall–Kier alpha value is -2.98. The van der Waals surface area contributed by atoms with Crippen molar-refractivity contribution < 1.29 is 0 Å². The lowest BCUT2D eigenvalue weighted by Gasteiger charge is -2.24. The summed E-state index contributed by atoms with van der Waals surface area (Å²) in [5, 5.41) is 1.53. The summed E-state index contributed by atoms with van der Waals surface area (Å²) in [4.78, 5) is 10.6. The fourth-order valence-electron chi connectivity index (χ4n) is 4.82. The number of hydrogen-bond donors (Lipinski definition) is 0. The van der Waals surface area contributed by atoms with Gasteiger partial charge < -0.3 is 9.47 Å². The van der Waals surface area contributed by atoms with E-state index in [2.05, 4.69) is 51.6 Å². The summed E-state index contributed by atoms with van der Waals surface area (Å²) < 4.78 is 2.59. The molecule has 0 fully saturated rings. The van der Waals surface area contributed by atoms with E-state index >= 15 is 0 Å². The first-order valence-electron chi connectivity index (χ1n) is 10.8. The van der Waals surface area contributed by atoms with Gasteiger partial charge in [-0.05, 0) is 68.3 Å².